The molecule has 0 unspecified atom stereocenters. The van der Waals surface area contributed by atoms with Crippen molar-refractivity contribution in [3.8, 4) is 0 Å². The van der Waals surface area contributed by atoms with E-state index in [-0.39, 0.29) is 17.5 Å². The van der Waals surface area contributed by atoms with Crippen LogP contribution >= 0.6 is 0 Å². The van der Waals surface area contributed by atoms with Gasteiger partial charge in [-0.1, -0.05) is 12.1 Å². The van der Waals surface area contributed by atoms with Crippen LogP contribution in [-0.4, -0.2) is 29.7 Å². The van der Waals surface area contributed by atoms with Gasteiger partial charge in [0.05, 0.1) is 29.3 Å². The summed E-state index contributed by atoms with van der Waals surface area (Å²) in [4.78, 5) is 0. The number of aromatic nitrogens is 2. The normalized spacial score (nSPS) is 19.8. The molecule has 0 bridgehead atoms. The van der Waals surface area contributed by atoms with Crippen LogP contribution < -0.4 is 0 Å². The van der Waals surface area contributed by atoms with E-state index in [0.29, 0.717) is 0 Å². The van der Waals surface area contributed by atoms with Crippen molar-refractivity contribution in [2.75, 3.05) is 11.5 Å². The Hall–Kier alpha value is -1.36. The molecule has 16 heavy (non-hydrogen) atoms. The maximum Gasteiger partial charge on any atom is 0.154 e. The van der Waals surface area contributed by atoms with Crippen LogP contribution in [0.1, 0.15) is 11.6 Å². The smallest absolute Gasteiger partial charge is 0.154 e. The van der Waals surface area contributed by atoms with Gasteiger partial charge in [0.1, 0.15) is 0 Å². The standard InChI is InChI=1S/C11H12N2O2S/c1-8-2-3-9-5-12-13(11(9)4-8)10-6-16(14,15)7-10/h2-5,10H,6-7H2,1H3. The van der Waals surface area contributed by atoms with E-state index in [9.17, 15) is 8.42 Å². The van der Waals surface area contributed by atoms with Crippen LogP contribution in [0.15, 0.2) is 24.4 Å². The van der Waals surface area contributed by atoms with Gasteiger partial charge in [0.25, 0.3) is 0 Å². The fraction of sp³-hybridized carbons (Fsp3) is 0.364. The second kappa shape index (κ2) is 3.07. The number of fused-ring (bicyclic) bond motifs is 1. The fourth-order valence-electron chi connectivity index (χ4n) is 2.12. The Morgan fingerprint density at radius 3 is 2.81 bits per heavy atom. The summed E-state index contributed by atoms with van der Waals surface area (Å²) < 4.78 is 24.1. The van der Waals surface area contributed by atoms with Crippen molar-refractivity contribution in [1.29, 1.82) is 0 Å². The first-order chi connectivity index (χ1) is 7.55. The van der Waals surface area contributed by atoms with Gasteiger partial charge in [-0.2, -0.15) is 5.10 Å². The van der Waals surface area contributed by atoms with E-state index in [4.69, 9.17) is 0 Å². The van der Waals surface area contributed by atoms with Crippen molar-refractivity contribution in [2.24, 2.45) is 0 Å². The highest BCUT2D eigenvalue weighted by Gasteiger charge is 2.35. The van der Waals surface area contributed by atoms with Gasteiger partial charge in [-0.15, -0.1) is 0 Å². The second-order valence-electron chi connectivity index (χ2n) is 4.38. The Balaban J connectivity index is 2.08. The molecular weight excluding hydrogens is 224 g/mol. The van der Waals surface area contributed by atoms with E-state index in [1.807, 2.05) is 29.8 Å². The summed E-state index contributed by atoms with van der Waals surface area (Å²) >= 11 is 0. The molecular formula is C11H12N2O2S. The number of benzene rings is 1. The number of aryl methyl sites for hydroxylation is 1. The van der Waals surface area contributed by atoms with Crippen LogP contribution in [0.25, 0.3) is 10.9 Å². The molecule has 84 valence electrons. The lowest BCUT2D eigenvalue weighted by molar-refractivity contribution is 0.484. The van der Waals surface area contributed by atoms with Crippen molar-refractivity contribution in [2.45, 2.75) is 13.0 Å². The van der Waals surface area contributed by atoms with E-state index in [1.54, 1.807) is 6.20 Å². The maximum absolute atomic E-state index is 11.2. The molecule has 3 rings (SSSR count). The minimum absolute atomic E-state index is 0.0179. The van der Waals surface area contributed by atoms with Crippen LogP contribution in [0.2, 0.25) is 0 Å². The van der Waals surface area contributed by atoms with Gasteiger partial charge in [-0.05, 0) is 18.6 Å². The molecule has 5 heteroatoms. The number of rotatable bonds is 1. The van der Waals surface area contributed by atoms with Gasteiger partial charge in [0.15, 0.2) is 9.84 Å². The zero-order chi connectivity index (χ0) is 11.3. The lowest BCUT2D eigenvalue weighted by Crippen LogP contribution is -2.38. The van der Waals surface area contributed by atoms with E-state index in [1.165, 1.54) is 0 Å². The largest absolute Gasteiger partial charge is 0.260 e. The highest BCUT2D eigenvalue weighted by atomic mass is 32.2. The molecule has 0 N–H and O–H groups in total. The van der Waals surface area contributed by atoms with Crippen molar-refractivity contribution in [3.05, 3.63) is 30.0 Å². The van der Waals surface area contributed by atoms with Crippen molar-refractivity contribution >= 4 is 20.7 Å². The predicted molar refractivity (Wildman–Crippen MR) is 62.2 cm³/mol. The predicted octanol–water partition coefficient (Wildman–Crippen LogP) is 1.31. The van der Waals surface area contributed by atoms with Crippen molar-refractivity contribution in [3.63, 3.8) is 0 Å². The van der Waals surface area contributed by atoms with E-state index >= 15 is 0 Å². The molecule has 0 saturated carbocycles. The summed E-state index contributed by atoms with van der Waals surface area (Å²) in [5, 5.41) is 5.34. The summed E-state index contributed by atoms with van der Waals surface area (Å²) in [6.45, 7) is 2.02. The molecule has 1 aromatic carbocycles. The van der Waals surface area contributed by atoms with Crippen LogP contribution in [0, 0.1) is 6.92 Å². The first-order valence-electron chi connectivity index (χ1n) is 5.19. The fourth-order valence-corrected chi connectivity index (χ4v) is 3.47. The van der Waals surface area contributed by atoms with Gasteiger partial charge in [-0.25, -0.2) is 8.42 Å². The Morgan fingerprint density at radius 1 is 1.38 bits per heavy atom. The highest BCUT2D eigenvalue weighted by molar-refractivity contribution is 7.92. The van der Waals surface area contributed by atoms with E-state index in [0.717, 1.165) is 16.5 Å². The van der Waals surface area contributed by atoms with E-state index < -0.39 is 9.84 Å². The third-order valence-electron chi connectivity index (χ3n) is 2.99. The van der Waals surface area contributed by atoms with Crippen LogP contribution in [0.4, 0.5) is 0 Å². The number of sulfone groups is 1. The molecule has 0 spiro atoms. The SMILES string of the molecule is Cc1ccc2cnn(C3CS(=O)(=O)C3)c2c1. The topological polar surface area (TPSA) is 52.0 Å². The quantitative estimate of drug-likeness (QED) is 0.750. The first-order valence-corrected chi connectivity index (χ1v) is 7.02. The van der Waals surface area contributed by atoms with Crippen molar-refractivity contribution < 1.29 is 8.42 Å². The summed E-state index contributed by atoms with van der Waals surface area (Å²) in [6, 6.07) is 6.12. The zero-order valence-corrected chi connectivity index (χ0v) is 9.74. The molecule has 1 aromatic heterocycles. The third kappa shape index (κ3) is 1.43. The summed E-state index contributed by atoms with van der Waals surface area (Å²) in [5.74, 6) is 0.440. The van der Waals surface area contributed by atoms with Gasteiger partial charge >= 0.3 is 0 Å². The third-order valence-corrected chi connectivity index (χ3v) is 4.78. The zero-order valence-electron chi connectivity index (χ0n) is 8.92. The highest BCUT2D eigenvalue weighted by Crippen LogP contribution is 2.27. The van der Waals surface area contributed by atoms with Gasteiger partial charge in [0, 0.05) is 5.39 Å². The van der Waals surface area contributed by atoms with Crippen LogP contribution in [-0.2, 0) is 9.84 Å². The molecule has 1 saturated heterocycles. The molecule has 1 aliphatic rings. The average Bonchev–Trinajstić information content (AvgIpc) is 2.56. The van der Waals surface area contributed by atoms with E-state index in [2.05, 4.69) is 5.10 Å². The van der Waals surface area contributed by atoms with Gasteiger partial charge in [-0.3, -0.25) is 4.68 Å². The maximum atomic E-state index is 11.2. The summed E-state index contributed by atoms with van der Waals surface area (Å²) in [5.41, 5.74) is 2.19. The molecule has 1 aliphatic heterocycles. The van der Waals surface area contributed by atoms with Crippen LogP contribution in [0.5, 0.6) is 0 Å². The molecule has 1 fully saturated rings. The van der Waals surface area contributed by atoms with Gasteiger partial charge in [0.2, 0.25) is 0 Å². The molecule has 0 radical (unpaired) electrons. The Morgan fingerprint density at radius 2 is 2.12 bits per heavy atom. The Labute approximate surface area is 93.8 Å². The molecule has 0 aliphatic carbocycles. The lowest BCUT2D eigenvalue weighted by atomic mass is 10.2. The van der Waals surface area contributed by atoms with Crippen LogP contribution in [0.3, 0.4) is 0 Å². The minimum Gasteiger partial charge on any atom is -0.260 e. The monoisotopic (exact) mass is 236 g/mol. The first kappa shape index (κ1) is 9.84. The number of hydrogen-bond donors (Lipinski definition) is 0. The Bertz CT molecular complexity index is 646. The molecule has 4 nitrogen and oxygen atoms in total. The molecule has 2 aromatic rings. The van der Waals surface area contributed by atoms with Gasteiger partial charge < -0.3 is 0 Å². The Kier molecular flexibility index (Phi) is 1.89. The molecule has 0 atom stereocenters. The molecule has 2 heterocycles. The van der Waals surface area contributed by atoms with Crippen molar-refractivity contribution in [1.82, 2.24) is 9.78 Å². The summed E-state index contributed by atoms with van der Waals surface area (Å²) in [7, 11) is -2.80. The second-order valence-corrected chi connectivity index (χ2v) is 6.54. The summed E-state index contributed by atoms with van der Waals surface area (Å²) in [6.07, 6.45) is 1.79. The number of nitrogens with zero attached hydrogens (tertiary/aromatic N) is 2. The molecule has 0 amide bonds. The average molecular weight is 236 g/mol. The minimum atomic E-state index is -2.80. The lowest BCUT2D eigenvalue weighted by Gasteiger charge is -2.26. The number of hydrogen-bond acceptors (Lipinski definition) is 3.